The molecule has 0 heterocycles. The summed E-state index contributed by atoms with van der Waals surface area (Å²) in [5.74, 6) is 1.48. The number of hydrogen-bond donors (Lipinski definition) is 1. The molecule has 0 amide bonds. The van der Waals surface area contributed by atoms with Crippen LogP contribution in [-0.2, 0) is 6.42 Å². The van der Waals surface area contributed by atoms with Crippen LogP contribution in [0.5, 0.6) is 0 Å². The van der Waals surface area contributed by atoms with Crippen molar-refractivity contribution in [2.75, 3.05) is 6.61 Å². The Morgan fingerprint density at radius 3 is 2.65 bits per heavy atom. The first-order chi connectivity index (χ1) is 8.12. The van der Waals surface area contributed by atoms with Crippen molar-refractivity contribution >= 4 is 15.9 Å². The van der Waals surface area contributed by atoms with Gasteiger partial charge in [0.1, 0.15) is 5.82 Å². The number of halogens is 2. The molecule has 3 heteroatoms. The molecule has 2 saturated carbocycles. The first-order valence-corrected chi connectivity index (χ1v) is 6.96. The number of rotatable bonds is 3. The summed E-state index contributed by atoms with van der Waals surface area (Å²) in [5, 5.41) is 9.67. The van der Waals surface area contributed by atoms with Gasteiger partial charge < -0.3 is 5.11 Å². The molecule has 2 atom stereocenters. The van der Waals surface area contributed by atoms with Gasteiger partial charge in [0.05, 0.1) is 0 Å². The van der Waals surface area contributed by atoms with Gasteiger partial charge in [-0.05, 0) is 60.6 Å². The molecule has 3 rings (SSSR count). The topological polar surface area (TPSA) is 20.2 Å². The van der Waals surface area contributed by atoms with Crippen LogP contribution in [0.2, 0.25) is 0 Å². The highest BCUT2D eigenvalue weighted by molar-refractivity contribution is 9.10. The zero-order valence-corrected chi connectivity index (χ0v) is 11.2. The largest absolute Gasteiger partial charge is 0.396 e. The average Bonchev–Trinajstić information content (AvgIpc) is 2.91. The van der Waals surface area contributed by atoms with Crippen molar-refractivity contribution < 1.29 is 9.50 Å². The van der Waals surface area contributed by atoms with Gasteiger partial charge >= 0.3 is 0 Å². The fourth-order valence-corrected chi connectivity index (χ4v) is 3.90. The van der Waals surface area contributed by atoms with Crippen LogP contribution in [0, 0.1) is 23.1 Å². The molecular weight excluding hydrogens is 283 g/mol. The summed E-state index contributed by atoms with van der Waals surface area (Å²) in [4.78, 5) is 0. The molecule has 17 heavy (non-hydrogen) atoms. The van der Waals surface area contributed by atoms with E-state index < -0.39 is 0 Å². The molecular formula is C14H16BrFO. The number of aliphatic hydroxyl groups excluding tert-OH is 1. The molecule has 2 aliphatic rings. The summed E-state index contributed by atoms with van der Waals surface area (Å²) in [6.07, 6.45) is 4.49. The summed E-state index contributed by atoms with van der Waals surface area (Å²) < 4.78 is 13.9. The van der Waals surface area contributed by atoms with Gasteiger partial charge in [0.2, 0.25) is 0 Å². The Hall–Kier alpha value is -0.410. The van der Waals surface area contributed by atoms with Gasteiger partial charge in [0, 0.05) is 11.1 Å². The van der Waals surface area contributed by atoms with Gasteiger partial charge in [-0.2, -0.15) is 0 Å². The highest BCUT2D eigenvalue weighted by atomic mass is 79.9. The van der Waals surface area contributed by atoms with Crippen molar-refractivity contribution in [1.29, 1.82) is 0 Å². The van der Waals surface area contributed by atoms with Crippen LogP contribution in [-0.4, -0.2) is 11.7 Å². The van der Waals surface area contributed by atoms with Crippen LogP contribution in [0.3, 0.4) is 0 Å². The van der Waals surface area contributed by atoms with E-state index in [9.17, 15) is 9.50 Å². The Balaban J connectivity index is 1.81. The molecule has 0 saturated heterocycles. The second-order valence-corrected chi connectivity index (χ2v) is 6.59. The van der Waals surface area contributed by atoms with Crippen LogP contribution in [0.1, 0.15) is 24.8 Å². The zero-order valence-electron chi connectivity index (χ0n) is 9.63. The van der Waals surface area contributed by atoms with Crippen LogP contribution in [0.4, 0.5) is 4.39 Å². The third-order valence-electron chi connectivity index (χ3n) is 4.38. The molecule has 0 spiro atoms. The highest BCUT2D eigenvalue weighted by Gasteiger charge is 2.53. The lowest BCUT2D eigenvalue weighted by Crippen LogP contribution is -2.26. The molecule has 1 aromatic rings. The quantitative estimate of drug-likeness (QED) is 0.905. The number of fused-ring (bicyclic) bond motifs is 1. The molecule has 2 aliphatic carbocycles. The third-order valence-corrected chi connectivity index (χ3v) is 5.11. The van der Waals surface area contributed by atoms with Crippen molar-refractivity contribution in [3.63, 3.8) is 0 Å². The monoisotopic (exact) mass is 298 g/mol. The Morgan fingerprint density at radius 1 is 1.35 bits per heavy atom. The van der Waals surface area contributed by atoms with Crippen molar-refractivity contribution in [3.05, 3.63) is 34.1 Å². The molecule has 2 unspecified atom stereocenters. The van der Waals surface area contributed by atoms with E-state index in [4.69, 9.17) is 0 Å². The van der Waals surface area contributed by atoms with E-state index in [1.54, 1.807) is 0 Å². The molecule has 1 N–H and O–H groups in total. The van der Waals surface area contributed by atoms with E-state index >= 15 is 0 Å². The maximum atomic E-state index is 13.0. The SMILES string of the molecule is OCC1(Cc2ccc(F)cc2Br)CC2CC2C1. The van der Waals surface area contributed by atoms with E-state index in [0.717, 1.165) is 41.1 Å². The minimum absolute atomic E-state index is 0.0495. The van der Waals surface area contributed by atoms with Gasteiger partial charge in [-0.1, -0.05) is 22.0 Å². The van der Waals surface area contributed by atoms with E-state index in [1.165, 1.54) is 18.6 Å². The predicted octanol–water partition coefficient (Wildman–Crippen LogP) is 3.54. The van der Waals surface area contributed by atoms with Gasteiger partial charge in [-0.3, -0.25) is 0 Å². The standard InChI is InChI=1S/C14H16BrFO/c15-13-4-12(16)2-1-9(13)5-14(8-17)6-10-3-11(10)7-14/h1-2,4,10-11,17H,3,5-8H2. The summed E-state index contributed by atoms with van der Waals surface area (Å²) in [7, 11) is 0. The highest BCUT2D eigenvalue weighted by Crippen LogP contribution is 2.60. The fourth-order valence-electron chi connectivity index (χ4n) is 3.40. The predicted molar refractivity (Wildman–Crippen MR) is 68.2 cm³/mol. The lowest BCUT2D eigenvalue weighted by Gasteiger charge is -2.29. The molecule has 92 valence electrons. The lowest BCUT2D eigenvalue weighted by molar-refractivity contribution is 0.117. The minimum Gasteiger partial charge on any atom is -0.396 e. The Kier molecular flexibility index (Phi) is 2.79. The second-order valence-electron chi connectivity index (χ2n) is 5.73. The van der Waals surface area contributed by atoms with Gasteiger partial charge in [-0.25, -0.2) is 4.39 Å². The van der Waals surface area contributed by atoms with Gasteiger partial charge in [-0.15, -0.1) is 0 Å². The normalized spacial score (nSPS) is 34.8. The number of hydrogen-bond acceptors (Lipinski definition) is 1. The summed E-state index contributed by atoms with van der Waals surface area (Å²) in [6.45, 7) is 0.254. The summed E-state index contributed by atoms with van der Waals surface area (Å²) in [6, 6.07) is 4.84. The first kappa shape index (κ1) is 11.7. The maximum Gasteiger partial charge on any atom is 0.124 e. The van der Waals surface area contributed by atoms with Crippen LogP contribution < -0.4 is 0 Å². The molecule has 0 bridgehead atoms. The van der Waals surface area contributed by atoms with E-state index in [0.29, 0.717) is 0 Å². The smallest absolute Gasteiger partial charge is 0.124 e. The summed E-state index contributed by atoms with van der Waals surface area (Å²) in [5.41, 5.74) is 1.16. The van der Waals surface area contributed by atoms with Crippen LogP contribution in [0.25, 0.3) is 0 Å². The molecule has 0 radical (unpaired) electrons. The Labute approximate surface area is 109 Å². The van der Waals surface area contributed by atoms with Crippen molar-refractivity contribution in [3.8, 4) is 0 Å². The Morgan fingerprint density at radius 2 is 2.06 bits per heavy atom. The molecule has 0 aliphatic heterocycles. The molecule has 0 aromatic heterocycles. The third kappa shape index (κ3) is 2.15. The number of benzene rings is 1. The zero-order chi connectivity index (χ0) is 12.0. The molecule has 1 nitrogen and oxygen atoms in total. The van der Waals surface area contributed by atoms with Crippen molar-refractivity contribution in [2.24, 2.45) is 17.3 Å². The lowest BCUT2D eigenvalue weighted by atomic mass is 9.78. The van der Waals surface area contributed by atoms with E-state index in [1.807, 2.05) is 6.07 Å². The van der Waals surface area contributed by atoms with Gasteiger partial charge in [0.25, 0.3) is 0 Å². The fraction of sp³-hybridized carbons (Fsp3) is 0.571. The summed E-state index contributed by atoms with van der Waals surface area (Å²) >= 11 is 3.41. The van der Waals surface area contributed by atoms with Gasteiger partial charge in [0.15, 0.2) is 0 Å². The second kappa shape index (κ2) is 4.06. The van der Waals surface area contributed by atoms with Crippen LogP contribution in [0.15, 0.2) is 22.7 Å². The molecule has 1 aromatic carbocycles. The van der Waals surface area contributed by atoms with Crippen molar-refractivity contribution in [1.82, 2.24) is 0 Å². The van der Waals surface area contributed by atoms with E-state index in [-0.39, 0.29) is 17.8 Å². The molecule has 2 fully saturated rings. The van der Waals surface area contributed by atoms with Crippen LogP contribution >= 0.6 is 15.9 Å². The van der Waals surface area contributed by atoms with E-state index in [2.05, 4.69) is 15.9 Å². The minimum atomic E-state index is -0.215. The van der Waals surface area contributed by atoms with Crippen molar-refractivity contribution in [2.45, 2.75) is 25.7 Å². The number of aliphatic hydroxyl groups is 1. The first-order valence-electron chi connectivity index (χ1n) is 6.17. The average molecular weight is 299 g/mol. The maximum absolute atomic E-state index is 13.0. The Bertz CT molecular complexity index is 436.